The molecule has 1 aromatic rings. The van der Waals surface area contributed by atoms with Crippen molar-refractivity contribution in [1.29, 1.82) is 0 Å². The number of hydrogen-bond acceptors (Lipinski definition) is 5. The predicted octanol–water partition coefficient (Wildman–Crippen LogP) is 1.43. The Balaban J connectivity index is 2.42. The summed E-state index contributed by atoms with van der Waals surface area (Å²) in [6.07, 6.45) is -1.43. The first kappa shape index (κ1) is 17.6. The average Bonchev–Trinajstić information content (AvgIpc) is 2.44. The van der Waals surface area contributed by atoms with Crippen LogP contribution in [0.25, 0.3) is 0 Å². The first-order valence-electron chi connectivity index (χ1n) is 6.38. The first-order valence-corrected chi connectivity index (χ1v) is 6.76. The third-order valence-electron chi connectivity index (χ3n) is 2.65. The molecule has 0 aliphatic carbocycles. The fraction of sp³-hybridized carbons (Fsp3) is 0.286. The van der Waals surface area contributed by atoms with Crippen LogP contribution in [0.5, 0.6) is 0 Å². The largest absolute Gasteiger partial charge is 0.453 e. The fourth-order valence-electron chi connectivity index (χ4n) is 1.53. The van der Waals surface area contributed by atoms with E-state index in [4.69, 9.17) is 22.1 Å². The molecule has 0 aliphatic rings. The van der Waals surface area contributed by atoms with Gasteiger partial charge in [-0.2, -0.15) is 0 Å². The number of ketones is 1. The number of amides is 3. The van der Waals surface area contributed by atoms with Gasteiger partial charge in [-0.3, -0.25) is 19.7 Å². The molecule has 0 saturated heterocycles. The van der Waals surface area contributed by atoms with Crippen molar-refractivity contribution in [3.8, 4) is 0 Å². The van der Waals surface area contributed by atoms with Gasteiger partial charge >= 0.3 is 12.0 Å². The summed E-state index contributed by atoms with van der Waals surface area (Å²) >= 11 is 5.71. The van der Waals surface area contributed by atoms with Crippen LogP contribution in [-0.2, 0) is 14.3 Å². The highest BCUT2D eigenvalue weighted by molar-refractivity contribution is 6.30. The summed E-state index contributed by atoms with van der Waals surface area (Å²) in [4.78, 5) is 45.2. The van der Waals surface area contributed by atoms with Gasteiger partial charge in [0, 0.05) is 17.0 Å². The van der Waals surface area contributed by atoms with Crippen LogP contribution in [0, 0.1) is 0 Å². The number of esters is 1. The van der Waals surface area contributed by atoms with Crippen LogP contribution in [0.1, 0.15) is 30.1 Å². The summed E-state index contributed by atoms with van der Waals surface area (Å²) < 4.78 is 4.79. The number of urea groups is 1. The minimum absolute atomic E-state index is 0.0649. The number of carbonyl (C=O) groups is 4. The zero-order chi connectivity index (χ0) is 16.7. The molecule has 0 unspecified atom stereocenters. The molecule has 3 amide bonds. The lowest BCUT2D eigenvalue weighted by Gasteiger charge is -2.11. The van der Waals surface area contributed by atoms with E-state index in [-0.39, 0.29) is 18.6 Å². The highest BCUT2D eigenvalue weighted by Crippen LogP contribution is 2.12. The van der Waals surface area contributed by atoms with Crippen LogP contribution in [0.2, 0.25) is 5.02 Å². The number of nitrogens with one attached hydrogen (secondary N) is 1. The maximum atomic E-state index is 11.8. The monoisotopic (exact) mass is 326 g/mol. The SMILES string of the molecule is C[C@H](OC(=O)CCC(=O)c1ccc(Cl)cc1)C(=O)NC(N)=O. The molecule has 0 fully saturated rings. The summed E-state index contributed by atoms with van der Waals surface area (Å²) in [5, 5.41) is 2.29. The number of halogens is 1. The van der Waals surface area contributed by atoms with E-state index in [0.717, 1.165) is 0 Å². The van der Waals surface area contributed by atoms with Crippen LogP contribution >= 0.6 is 11.6 Å². The zero-order valence-electron chi connectivity index (χ0n) is 11.8. The predicted molar refractivity (Wildman–Crippen MR) is 78.3 cm³/mol. The Hall–Kier alpha value is -2.41. The molecule has 0 spiro atoms. The Morgan fingerprint density at radius 2 is 1.77 bits per heavy atom. The maximum absolute atomic E-state index is 11.8. The Kier molecular flexibility index (Phi) is 6.52. The second-order valence-corrected chi connectivity index (χ2v) is 4.85. The molecule has 0 radical (unpaired) electrons. The second kappa shape index (κ2) is 8.14. The summed E-state index contributed by atoms with van der Waals surface area (Å²) in [5.74, 6) is -1.80. The Labute approximate surface area is 131 Å². The normalized spacial score (nSPS) is 11.4. The van der Waals surface area contributed by atoms with Crippen molar-refractivity contribution in [3.05, 3.63) is 34.9 Å². The molecule has 1 atom stereocenters. The van der Waals surface area contributed by atoms with Crippen molar-refractivity contribution < 1.29 is 23.9 Å². The van der Waals surface area contributed by atoms with Gasteiger partial charge in [-0.15, -0.1) is 0 Å². The lowest BCUT2D eigenvalue weighted by atomic mass is 10.1. The molecule has 0 aromatic heterocycles. The lowest BCUT2D eigenvalue weighted by molar-refractivity contribution is -0.154. The third kappa shape index (κ3) is 5.92. The second-order valence-electron chi connectivity index (χ2n) is 4.42. The third-order valence-corrected chi connectivity index (χ3v) is 2.90. The molecule has 8 heteroatoms. The van der Waals surface area contributed by atoms with Crippen molar-refractivity contribution in [2.45, 2.75) is 25.9 Å². The van der Waals surface area contributed by atoms with E-state index >= 15 is 0 Å². The molecule has 1 rings (SSSR count). The van der Waals surface area contributed by atoms with Crippen molar-refractivity contribution in [3.63, 3.8) is 0 Å². The van der Waals surface area contributed by atoms with Gasteiger partial charge in [-0.25, -0.2) is 4.79 Å². The summed E-state index contributed by atoms with van der Waals surface area (Å²) in [7, 11) is 0. The van der Waals surface area contributed by atoms with Gasteiger partial charge in [0.1, 0.15) is 0 Å². The van der Waals surface area contributed by atoms with Crippen molar-refractivity contribution in [2.24, 2.45) is 5.73 Å². The highest BCUT2D eigenvalue weighted by atomic mass is 35.5. The topological polar surface area (TPSA) is 116 Å². The van der Waals surface area contributed by atoms with Gasteiger partial charge in [0.25, 0.3) is 5.91 Å². The van der Waals surface area contributed by atoms with Gasteiger partial charge in [0.15, 0.2) is 11.9 Å². The van der Waals surface area contributed by atoms with E-state index in [1.165, 1.54) is 6.92 Å². The van der Waals surface area contributed by atoms with E-state index in [0.29, 0.717) is 10.6 Å². The van der Waals surface area contributed by atoms with Gasteiger partial charge in [-0.1, -0.05) is 11.6 Å². The van der Waals surface area contributed by atoms with Gasteiger partial charge < -0.3 is 10.5 Å². The minimum Gasteiger partial charge on any atom is -0.453 e. The molecule has 0 aliphatic heterocycles. The van der Waals surface area contributed by atoms with Crippen molar-refractivity contribution in [1.82, 2.24) is 5.32 Å². The van der Waals surface area contributed by atoms with Crippen LogP contribution in [0.3, 0.4) is 0 Å². The van der Waals surface area contributed by atoms with Crippen LogP contribution in [0.15, 0.2) is 24.3 Å². The molecular weight excluding hydrogens is 312 g/mol. The number of rotatable bonds is 6. The van der Waals surface area contributed by atoms with Gasteiger partial charge in [0.05, 0.1) is 6.42 Å². The molecule has 0 heterocycles. The van der Waals surface area contributed by atoms with Crippen molar-refractivity contribution in [2.75, 3.05) is 0 Å². The Morgan fingerprint density at radius 1 is 1.18 bits per heavy atom. The lowest BCUT2D eigenvalue weighted by Crippen LogP contribution is -2.42. The Morgan fingerprint density at radius 3 is 2.32 bits per heavy atom. The van der Waals surface area contributed by atoms with E-state index in [1.54, 1.807) is 29.6 Å². The standard InChI is InChI=1S/C14H15ClN2O5/c1-8(13(20)17-14(16)21)22-12(19)7-6-11(18)9-2-4-10(15)5-3-9/h2-5,8H,6-7H2,1H3,(H3,16,17,20,21)/t8-/m0/s1. The van der Waals surface area contributed by atoms with Crippen molar-refractivity contribution >= 4 is 35.3 Å². The smallest absolute Gasteiger partial charge is 0.318 e. The fourth-order valence-corrected chi connectivity index (χ4v) is 1.65. The van der Waals surface area contributed by atoms with Crippen LogP contribution in [-0.4, -0.2) is 29.8 Å². The number of primary amides is 1. The van der Waals surface area contributed by atoms with E-state index in [2.05, 4.69) is 0 Å². The number of hydrogen-bond donors (Lipinski definition) is 2. The molecule has 7 nitrogen and oxygen atoms in total. The number of ether oxygens (including phenoxy) is 1. The molecule has 22 heavy (non-hydrogen) atoms. The number of Topliss-reactive ketones (excluding diaryl/α,β-unsaturated/α-hetero) is 1. The quantitative estimate of drug-likeness (QED) is 0.606. The minimum atomic E-state index is -1.18. The average molecular weight is 327 g/mol. The molecule has 3 N–H and O–H groups in total. The van der Waals surface area contributed by atoms with E-state index in [1.807, 2.05) is 0 Å². The summed E-state index contributed by atoms with van der Waals surface area (Å²) in [5.41, 5.74) is 5.20. The zero-order valence-corrected chi connectivity index (χ0v) is 12.6. The Bertz CT molecular complexity index is 585. The van der Waals surface area contributed by atoms with E-state index in [9.17, 15) is 19.2 Å². The first-order chi connectivity index (χ1) is 10.3. The van der Waals surface area contributed by atoms with Crippen LogP contribution < -0.4 is 11.1 Å². The van der Waals surface area contributed by atoms with E-state index < -0.39 is 24.0 Å². The molecule has 118 valence electrons. The summed E-state index contributed by atoms with van der Waals surface area (Å²) in [6.45, 7) is 1.29. The molecule has 0 saturated carbocycles. The molecular formula is C14H15ClN2O5. The number of carbonyl (C=O) groups excluding carboxylic acids is 4. The number of benzene rings is 1. The molecule has 1 aromatic carbocycles. The van der Waals surface area contributed by atoms with Gasteiger partial charge in [-0.05, 0) is 31.2 Å². The van der Waals surface area contributed by atoms with Gasteiger partial charge in [0.2, 0.25) is 0 Å². The highest BCUT2D eigenvalue weighted by Gasteiger charge is 2.19. The maximum Gasteiger partial charge on any atom is 0.318 e. The van der Waals surface area contributed by atoms with Crippen LogP contribution in [0.4, 0.5) is 4.79 Å². The number of imide groups is 1. The summed E-state index contributed by atoms with van der Waals surface area (Å²) in [6, 6.07) is 5.22. The number of nitrogens with two attached hydrogens (primary N) is 1. The molecule has 0 bridgehead atoms.